The third-order valence-electron chi connectivity index (χ3n) is 4.62. The number of nitrogens with zero attached hydrogens (tertiary/aromatic N) is 1. The topological polar surface area (TPSA) is 63.2 Å². The zero-order chi connectivity index (χ0) is 16.0. The van der Waals surface area contributed by atoms with Gasteiger partial charge in [0.05, 0.1) is 0 Å². The van der Waals surface area contributed by atoms with Crippen LogP contribution >= 0.6 is 24.8 Å². The first-order valence-electron chi connectivity index (χ1n) is 8.03. The van der Waals surface area contributed by atoms with Crippen LogP contribution in [-0.4, -0.2) is 43.2 Å². The summed E-state index contributed by atoms with van der Waals surface area (Å²) < 4.78 is 5.57. The minimum atomic E-state index is -0.679. The summed E-state index contributed by atoms with van der Waals surface area (Å²) in [4.78, 5) is 16.8. The number of hydrogen-bond acceptors (Lipinski definition) is 4. The summed E-state index contributed by atoms with van der Waals surface area (Å²) in [6.45, 7) is 6.58. The molecular formula is C17H29Cl2N3O2. The number of rotatable bonds is 6. The number of nitrogens with one attached hydrogen (secondary N) is 2. The molecule has 1 aromatic rings. The van der Waals surface area contributed by atoms with Gasteiger partial charge in [-0.3, -0.25) is 9.78 Å². The van der Waals surface area contributed by atoms with E-state index in [0.29, 0.717) is 25.3 Å². The number of piperidine rings is 1. The molecular weight excluding hydrogens is 349 g/mol. The molecule has 138 valence electrons. The molecule has 1 saturated heterocycles. The van der Waals surface area contributed by atoms with E-state index in [9.17, 15) is 4.79 Å². The van der Waals surface area contributed by atoms with Crippen LogP contribution in [0.5, 0.6) is 0 Å². The molecule has 1 atom stereocenters. The van der Waals surface area contributed by atoms with E-state index in [4.69, 9.17) is 4.74 Å². The van der Waals surface area contributed by atoms with Gasteiger partial charge in [0.1, 0.15) is 5.60 Å². The molecule has 1 aliphatic heterocycles. The molecule has 1 amide bonds. The first-order valence-corrected chi connectivity index (χ1v) is 8.03. The Labute approximate surface area is 157 Å². The molecule has 2 heterocycles. The molecule has 0 saturated carbocycles. The molecule has 1 fully saturated rings. The van der Waals surface area contributed by atoms with Crippen molar-refractivity contribution in [2.24, 2.45) is 5.92 Å². The third kappa shape index (κ3) is 5.59. The second-order valence-corrected chi connectivity index (χ2v) is 6.30. The van der Waals surface area contributed by atoms with Crippen molar-refractivity contribution in [2.45, 2.75) is 38.2 Å². The molecule has 0 aromatic carbocycles. The van der Waals surface area contributed by atoms with Gasteiger partial charge in [-0.2, -0.15) is 0 Å². The van der Waals surface area contributed by atoms with Gasteiger partial charge in [0.25, 0.3) is 5.91 Å². The number of amides is 1. The second-order valence-electron chi connectivity index (χ2n) is 6.30. The molecule has 0 bridgehead atoms. The maximum Gasteiger partial charge on any atom is 0.252 e. The third-order valence-corrected chi connectivity index (χ3v) is 4.62. The van der Waals surface area contributed by atoms with Crippen LogP contribution in [0.4, 0.5) is 0 Å². The van der Waals surface area contributed by atoms with E-state index >= 15 is 0 Å². The summed E-state index contributed by atoms with van der Waals surface area (Å²) in [5.41, 5.74) is 0.483. The van der Waals surface area contributed by atoms with E-state index in [2.05, 4.69) is 35.5 Å². The predicted molar refractivity (Wildman–Crippen MR) is 101 cm³/mol. The zero-order valence-corrected chi connectivity index (χ0v) is 16.2. The van der Waals surface area contributed by atoms with Crippen LogP contribution in [0.25, 0.3) is 0 Å². The van der Waals surface area contributed by atoms with Gasteiger partial charge in [-0.25, -0.2) is 0 Å². The molecule has 1 aromatic heterocycles. The fourth-order valence-electron chi connectivity index (χ4n) is 3.05. The number of aromatic nitrogens is 1. The van der Waals surface area contributed by atoms with Crippen LogP contribution in [0.2, 0.25) is 0 Å². The van der Waals surface area contributed by atoms with Gasteiger partial charge in [-0.15, -0.1) is 24.8 Å². The number of pyridine rings is 1. The van der Waals surface area contributed by atoms with Crippen molar-refractivity contribution in [1.82, 2.24) is 15.6 Å². The molecule has 2 rings (SSSR count). The molecule has 1 aliphatic rings. The van der Waals surface area contributed by atoms with Crippen LogP contribution in [0, 0.1) is 5.92 Å². The largest absolute Gasteiger partial charge is 0.368 e. The van der Waals surface area contributed by atoms with Crippen molar-refractivity contribution in [3.05, 3.63) is 30.1 Å². The lowest BCUT2D eigenvalue weighted by Crippen LogP contribution is -2.54. The first kappa shape index (κ1) is 23.1. The van der Waals surface area contributed by atoms with Gasteiger partial charge in [0.15, 0.2) is 0 Å². The molecule has 5 nitrogen and oxygen atoms in total. The fourth-order valence-corrected chi connectivity index (χ4v) is 3.05. The van der Waals surface area contributed by atoms with Crippen molar-refractivity contribution in [1.29, 1.82) is 0 Å². The number of carbonyl (C=O) groups is 1. The lowest BCUT2D eigenvalue weighted by molar-refractivity contribution is -0.146. The van der Waals surface area contributed by atoms with E-state index in [1.165, 1.54) is 0 Å². The van der Waals surface area contributed by atoms with Crippen molar-refractivity contribution >= 4 is 30.7 Å². The van der Waals surface area contributed by atoms with Crippen LogP contribution in [0.1, 0.15) is 38.2 Å². The Hall–Kier alpha value is -0.880. The molecule has 2 N–H and O–H groups in total. The molecule has 7 heteroatoms. The average molecular weight is 378 g/mol. The average Bonchev–Trinajstić information content (AvgIpc) is 2.56. The van der Waals surface area contributed by atoms with Crippen LogP contribution in [-0.2, 0) is 9.53 Å². The van der Waals surface area contributed by atoms with E-state index < -0.39 is 5.60 Å². The lowest BCUT2D eigenvalue weighted by Gasteiger charge is -2.35. The summed E-state index contributed by atoms with van der Waals surface area (Å²) in [7, 11) is 1.63. The monoisotopic (exact) mass is 377 g/mol. The number of ether oxygens (including phenoxy) is 1. The van der Waals surface area contributed by atoms with Crippen molar-refractivity contribution in [3.63, 3.8) is 0 Å². The summed E-state index contributed by atoms with van der Waals surface area (Å²) in [6, 6.07) is 4.01. The highest BCUT2D eigenvalue weighted by atomic mass is 35.5. The van der Waals surface area contributed by atoms with E-state index in [-0.39, 0.29) is 36.6 Å². The van der Waals surface area contributed by atoms with E-state index in [0.717, 1.165) is 18.7 Å². The summed E-state index contributed by atoms with van der Waals surface area (Å²) >= 11 is 0. The van der Waals surface area contributed by atoms with Gasteiger partial charge in [0, 0.05) is 32.0 Å². The Kier molecular flexibility index (Phi) is 10.5. The Morgan fingerprint density at radius 3 is 2.54 bits per heavy atom. The smallest absolute Gasteiger partial charge is 0.252 e. The standard InChI is InChI=1S/C17H27N3O2.2ClH/c1-13(2)15(14-5-4-8-19-11-14)12-20-16(21)17(22-3)6-9-18-10-7-17;;/h4-5,8,11,13,15,18H,6-7,9-10,12H2,1-3H3,(H,20,21);2*1H. The highest BCUT2D eigenvalue weighted by molar-refractivity contribution is 5.86. The highest BCUT2D eigenvalue weighted by Gasteiger charge is 2.39. The zero-order valence-electron chi connectivity index (χ0n) is 14.6. The maximum atomic E-state index is 12.6. The SMILES string of the molecule is COC1(C(=O)NCC(c2cccnc2)C(C)C)CCNCC1.Cl.Cl. The van der Waals surface area contributed by atoms with Crippen molar-refractivity contribution < 1.29 is 9.53 Å². The van der Waals surface area contributed by atoms with Crippen molar-refractivity contribution in [3.8, 4) is 0 Å². The Bertz CT molecular complexity index is 480. The Balaban J connectivity index is 0.00000264. The van der Waals surface area contributed by atoms with Crippen LogP contribution in [0.3, 0.4) is 0 Å². The minimum absolute atomic E-state index is 0. The second kappa shape index (κ2) is 10.9. The number of hydrogen-bond donors (Lipinski definition) is 2. The molecule has 0 spiro atoms. The van der Waals surface area contributed by atoms with Gasteiger partial charge >= 0.3 is 0 Å². The van der Waals surface area contributed by atoms with Gasteiger partial charge in [-0.1, -0.05) is 19.9 Å². The summed E-state index contributed by atoms with van der Waals surface area (Å²) in [5.74, 6) is 0.690. The van der Waals surface area contributed by atoms with Crippen molar-refractivity contribution in [2.75, 3.05) is 26.7 Å². The first-order chi connectivity index (χ1) is 10.6. The lowest BCUT2D eigenvalue weighted by atomic mass is 9.88. The number of carbonyl (C=O) groups excluding carboxylic acids is 1. The van der Waals surface area contributed by atoms with E-state index in [1.54, 1.807) is 13.3 Å². The quantitative estimate of drug-likeness (QED) is 0.799. The fraction of sp³-hybridized carbons (Fsp3) is 0.647. The van der Waals surface area contributed by atoms with Gasteiger partial charge < -0.3 is 15.4 Å². The molecule has 24 heavy (non-hydrogen) atoms. The predicted octanol–water partition coefficient (Wildman–Crippen LogP) is 2.55. The summed E-state index contributed by atoms with van der Waals surface area (Å²) in [5, 5.41) is 6.37. The number of methoxy groups -OCH3 is 1. The van der Waals surface area contributed by atoms with Crippen LogP contribution < -0.4 is 10.6 Å². The van der Waals surface area contributed by atoms with Gasteiger partial charge in [0.2, 0.25) is 0 Å². The molecule has 1 unspecified atom stereocenters. The molecule has 0 aliphatic carbocycles. The normalized spacial score (nSPS) is 17.3. The number of halogens is 2. The molecule has 0 radical (unpaired) electrons. The summed E-state index contributed by atoms with van der Waals surface area (Å²) in [6.07, 6.45) is 5.09. The highest BCUT2D eigenvalue weighted by Crippen LogP contribution is 2.25. The minimum Gasteiger partial charge on any atom is -0.368 e. The van der Waals surface area contributed by atoms with Gasteiger partial charge in [-0.05, 0) is 43.5 Å². The Morgan fingerprint density at radius 1 is 1.38 bits per heavy atom. The van der Waals surface area contributed by atoms with Crippen LogP contribution in [0.15, 0.2) is 24.5 Å². The Morgan fingerprint density at radius 2 is 2.04 bits per heavy atom. The maximum absolute atomic E-state index is 12.6. The van der Waals surface area contributed by atoms with E-state index in [1.807, 2.05) is 12.3 Å².